The van der Waals surface area contributed by atoms with Gasteiger partial charge < -0.3 is 9.64 Å². The van der Waals surface area contributed by atoms with Crippen LogP contribution in [0.15, 0.2) is 47.4 Å². The predicted octanol–water partition coefficient (Wildman–Crippen LogP) is 3.99. The fourth-order valence-electron chi connectivity index (χ4n) is 2.38. The van der Waals surface area contributed by atoms with E-state index in [1.807, 2.05) is 37.4 Å². The monoisotopic (exact) mass is 360 g/mol. The minimum absolute atomic E-state index is 0.102. The molecule has 2 rings (SSSR count). The first-order valence-electron chi connectivity index (χ1n) is 7.76. The Morgan fingerprint density at radius 2 is 1.92 bits per heavy atom. The summed E-state index contributed by atoms with van der Waals surface area (Å²) >= 11 is 1.44. The Bertz CT molecular complexity index is 762. The molecule has 2 aromatic rings. The Labute approximate surface area is 150 Å². The average Bonchev–Trinajstić information content (AvgIpc) is 2.62. The number of hydrogen-bond donors (Lipinski definition) is 0. The molecule has 25 heavy (non-hydrogen) atoms. The van der Waals surface area contributed by atoms with Gasteiger partial charge in [0, 0.05) is 24.6 Å². The van der Waals surface area contributed by atoms with E-state index < -0.39 is 4.92 Å². The zero-order chi connectivity index (χ0) is 18.4. The van der Waals surface area contributed by atoms with E-state index in [2.05, 4.69) is 0 Å². The van der Waals surface area contributed by atoms with Crippen LogP contribution in [-0.2, 0) is 6.54 Å². The first-order valence-corrected chi connectivity index (χ1v) is 8.98. The van der Waals surface area contributed by atoms with Crippen molar-refractivity contribution in [1.82, 2.24) is 4.90 Å². The third-order valence-electron chi connectivity index (χ3n) is 3.63. The van der Waals surface area contributed by atoms with Gasteiger partial charge in [-0.05, 0) is 43.0 Å². The second-order valence-corrected chi connectivity index (χ2v) is 6.26. The molecular weight excluding hydrogens is 340 g/mol. The van der Waals surface area contributed by atoms with E-state index in [-0.39, 0.29) is 17.2 Å². The highest BCUT2D eigenvalue weighted by atomic mass is 32.2. The zero-order valence-corrected chi connectivity index (χ0v) is 15.2. The van der Waals surface area contributed by atoms with E-state index in [0.717, 1.165) is 16.2 Å². The molecule has 0 N–H and O–H groups in total. The highest BCUT2D eigenvalue weighted by Crippen LogP contribution is 2.26. The van der Waals surface area contributed by atoms with Gasteiger partial charge in [0.2, 0.25) is 0 Å². The quantitative estimate of drug-likeness (QED) is 0.424. The van der Waals surface area contributed by atoms with E-state index in [1.54, 1.807) is 19.2 Å². The van der Waals surface area contributed by atoms with Gasteiger partial charge in [-0.2, -0.15) is 0 Å². The van der Waals surface area contributed by atoms with Crippen molar-refractivity contribution in [2.75, 3.05) is 19.9 Å². The van der Waals surface area contributed by atoms with E-state index in [1.165, 1.54) is 22.7 Å². The predicted molar refractivity (Wildman–Crippen MR) is 98.3 cm³/mol. The Morgan fingerprint density at radius 3 is 2.48 bits per heavy atom. The molecule has 0 saturated heterocycles. The SMILES string of the molecule is CCOc1ccc(CN(C)C(=O)c2cc(SC)ccc2[N+](=O)[O-])cc1. The highest BCUT2D eigenvalue weighted by Gasteiger charge is 2.23. The van der Waals surface area contributed by atoms with Gasteiger partial charge in [-0.15, -0.1) is 11.8 Å². The number of nitrogens with zero attached hydrogens (tertiary/aromatic N) is 2. The molecule has 1 amide bonds. The molecule has 0 heterocycles. The van der Waals surface area contributed by atoms with Crippen molar-refractivity contribution in [2.24, 2.45) is 0 Å². The number of carbonyl (C=O) groups excluding carboxylic acids is 1. The highest BCUT2D eigenvalue weighted by molar-refractivity contribution is 7.98. The third-order valence-corrected chi connectivity index (χ3v) is 4.36. The van der Waals surface area contributed by atoms with Crippen LogP contribution in [0.4, 0.5) is 5.69 Å². The van der Waals surface area contributed by atoms with E-state index in [4.69, 9.17) is 4.74 Å². The van der Waals surface area contributed by atoms with Gasteiger partial charge in [-0.25, -0.2) is 0 Å². The number of rotatable bonds is 7. The van der Waals surface area contributed by atoms with Crippen molar-refractivity contribution in [1.29, 1.82) is 0 Å². The number of amides is 1. The van der Waals surface area contributed by atoms with E-state index in [9.17, 15) is 14.9 Å². The summed E-state index contributed by atoms with van der Waals surface area (Å²) in [5.74, 6) is 0.389. The summed E-state index contributed by atoms with van der Waals surface area (Å²) < 4.78 is 5.39. The lowest BCUT2D eigenvalue weighted by Gasteiger charge is -2.18. The van der Waals surface area contributed by atoms with E-state index in [0.29, 0.717) is 13.2 Å². The summed E-state index contributed by atoms with van der Waals surface area (Å²) in [7, 11) is 1.63. The van der Waals surface area contributed by atoms with Crippen LogP contribution in [-0.4, -0.2) is 35.6 Å². The molecular formula is C18H20N2O4S. The number of ether oxygens (including phenoxy) is 1. The molecule has 2 aromatic carbocycles. The fourth-order valence-corrected chi connectivity index (χ4v) is 2.82. The fraction of sp³-hybridized carbons (Fsp3) is 0.278. The van der Waals surface area contributed by atoms with Crippen LogP contribution in [0.2, 0.25) is 0 Å². The number of carbonyl (C=O) groups is 1. The summed E-state index contributed by atoms with van der Waals surface area (Å²) in [6, 6.07) is 12.0. The van der Waals surface area contributed by atoms with Crippen LogP contribution in [0.25, 0.3) is 0 Å². The summed E-state index contributed by atoms with van der Waals surface area (Å²) in [5.41, 5.74) is 0.842. The molecule has 0 spiro atoms. The maximum Gasteiger partial charge on any atom is 0.282 e. The molecule has 0 unspecified atom stereocenters. The molecule has 0 radical (unpaired) electrons. The van der Waals surface area contributed by atoms with Gasteiger partial charge in [0.25, 0.3) is 11.6 Å². The third kappa shape index (κ3) is 4.73. The van der Waals surface area contributed by atoms with Gasteiger partial charge in [0.1, 0.15) is 11.3 Å². The Morgan fingerprint density at radius 1 is 1.24 bits per heavy atom. The molecule has 132 valence electrons. The minimum Gasteiger partial charge on any atom is -0.494 e. The standard InChI is InChI=1S/C18H20N2O4S/c1-4-24-14-7-5-13(6-8-14)12-19(2)18(21)16-11-15(25-3)9-10-17(16)20(22)23/h5-11H,4,12H2,1-3H3. The van der Waals surface area contributed by atoms with Crippen molar-refractivity contribution >= 4 is 23.4 Å². The van der Waals surface area contributed by atoms with Crippen molar-refractivity contribution in [3.63, 3.8) is 0 Å². The molecule has 0 atom stereocenters. The lowest BCUT2D eigenvalue weighted by Crippen LogP contribution is -2.27. The van der Waals surface area contributed by atoms with Crippen molar-refractivity contribution in [2.45, 2.75) is 18.4 Å². The van der Waals surface area contributed by atoms with Crippen LogP contribution < -0.4 is 4.74 Å². The van der Waals surface area contributed by atoms with Crippen LogP contribution in [0, 0.1) is 10.1 Å². The van der Waals surface area contributed by atoms with Crippen molar-refractivity contribution in [3.8, 4) is 5.75 Å². The molecule has 0 fully saturated rings. The largest absolute Gasteiger partial charge is 0.494 e. The molecule has 0 aliphatic heterocycles. The number of nitro groups is 1. The summed E-state index contributed by atoms with van der Waals surface area (Å²) in [6.07, 6.45) is 1.86. The summed E-state index contributed by atoms with van der Waals surface area (Å²) in [4.78, 5) is 25.7. The van der Waals surface area contributed by atoms with Gasteiger partial charge in [0.15, 0.2) is 0 Å². The molecule has 0 bridgehead atoms. The smallest absolute Gasteiger partial charge is 0.282 e. The molecule has 7 heteroatoms. The Hall–Kier alpha value is -2.54. The van der Waals surface area contributed by atoms with Gasteiger partial charge in [0.05, 0.1) is 11.5 Å². The number of thioether (sulfide) groups is 1. The average molecular weight is 360 g/mol. The van der Waals surface area contributed by atoms with Gasteiger partial charge >= 0.3 is 0 Å². The number of nitro benzene ring substituents is 1. The van der Waals surface area contributed by atoms with Gasteiger partial charge in [-0.1, -0.05) is 12.1 Å². The van der Waals surface area contributed by atoms with E-state index >= 15 is 0 Å². The number of benzene rings is 2. The minimum atomic E-state index is -0.526. The molecule has 0 aliphatic carbocycles. The van der Waals surface area contributed by atoms with Crippen LogP contribution in [0.1, 0.15) is 22.8 Å². The summed E-state index contributed by atoms with van der Waals surface area (Å²) in [6.45, 7) is 2.86. The second-order valence-electron chi connectivity index (χ2n) is 5.38. The molecule has 0 aliphatic rings. The number of hydrogen-bond acceptors (Lipinski definition) is 5. The Balaban J connectivity index is 2.20. The van der Waals surface area contributed by atoms with Crippen LogP contribution >= 0.6 is 11.8 Å². The first-order chi connectivity index (χ1) is 12.0. The molecule has 0 saturated carbocycles. The maximum absolute atomic E-state index is 12.7. The van der Waals surface area contributed by atoms with Gasteiger partial charge in [-0.3, -0.25) is 14.9 Å². The first kappa shape index (κ1) is 18.8. The summed E-state index contributed by atoms with van der Waals surface area (Å²) in [5, 5.41) is 11.2. The topological polar surface area (TPSA) is 72.7 Å². The van der Waals surface area contributed by atoms with Crippen molar-refractivity contribution < 1.29 is 14.5 Å². The zero-order valence-electron chi connectivity index (χ0n) is 14.4. The lowest BCUT2D eigenvalue weighted by atomic mass is 10.1. The molecule has 6 nitrogen and oxygen atoms in total. The second kappa shape index (κ2) is 8.53. The van der Waals surface area contributed by atoms with Crippen LogP contribution in [0.3, 0.4) is 0 Å². The van der Waals surface area contributed by atoms with Crippen molar-refractivity contribution in [3.05, 3.63) is 63.7 Å². The van der Waals surface area contributed by atoms with Crippen LogP contribution in [0.5, 0.6) is 5.75 Å². The molecule has 0 aromatic heterocycles. The Kier molecular flexibility index (Phi) is 6.41. The maximum atomic E-state index is 12.7. The normalized spacial score (nSPS) is 10.4. The lowest BCUT2D eigenvalue weighted by molar-refractivity contribution is -0.385.